The number of carbonyl (C=O) groups excluding carboxylic acids is 1. The summed E-state index contributed by atoms with van der Waals surface area (Å²) in [6.45, 7) is 10.1. The van der Waals surface area contributed by atoms with Gasteiger partial charge in [0.25, 0.3) is 0 Å². The minimum Gasteiger partial charge on any atom is -0.481 e. The molecule has 31 heavy (non-hydrogen) atoms. The summed E-state index contributed by atoms with van der Waals surface area (Å²) in [5.74, 6) is -0.934. The maximum absolute atomic E-state index is 12.5. The molecule has 2 aliphatic carbocycles. The van der Waals surface area contributed by atoms with Gasteiger partial charge in [0.2, 0.25) is 0 Å². The molecule has 0 radical (unpaired) electrons. The van der Waals surface area contributed by atoms with Gasteiger partial charge < -0.3 is 14.3 Å². The summed E-state index contributed by atoms with van der Waals surface area (Å²) in [5, 5.41) is 10.2. The average Bonchev–Trinajstić information content (AvgIpc) is 3.20. The molecule has 1 saturated carbocycles. The second-order valence-corrected chi connectivity index (χ2v) is 10.00. The minimum atomic E-state index is -0.938. The van der Waals surface area contributed by atoms with Crippen LogP contribution in [0.3, 0.4) is 0 Å². The van der Waals surface area contributed by atoms with Crippen molar-refractivity contribution in [1.82, 2.24) is 0 Å². The lowest BCUT2D eigenvalue weighted by molar-refractivity contribution is -0.179. The summed E-state index contributed by atoms with van der Waals surface area (Å²) >= 11 is 0. The van der Waals surface area contributed by atoms with Crippen molar-refractivity contribution in [2.24, 2.45) is 22.7 Å². The molecular formula is C26H36O5. The fourth-order valence-electron chi connectivity index (χ4n) is 6.05. The van der Waals surface area contributed by atoms with Crippen LogP contribution in [0.1, 0.15) is 72.3 Å². The number of ether oxygens (including phenoxy) is 1. The quantitative estimate of drug-likeness (QED) is 0.330. The number of carbonyl (C=O) groups is 2. The Morgan fingerprint density at radius 2 is 2.06 bits per heavy atom. The largest absolute Gasteiger partial charge is 0.481 e. The van der Waals surface area contributed by atoms with Gasteiger partial charge in [-0.25, -0.2) is 4.79 Å². The van der Waals surface area contributed by atoms with Crippen LogP contribution in [0.15, 0.2) is 46.3 Å². The van der Waals surface area contributed by atoms with Gasteiger partial charge in [0.1, 0.15) is 6.10 Å². The van der Waals surface area contributed by atoms with Crippen LogP contribution >= 0.6 is 0 Å². The second kappa shape index (κ2) is 9.05. The van der Waals surface area contributed by atoms with Gasteiger partial charge in [0, 0.05) is 12.5 Å². The van der Waals surface area contributed by atoms with Gasteiger partial charge in [-0.15, -0.1) is 0 Å². The number of aliphatic carboxylic acids is 1. The number of aryl methyl sites for hydroxylation is 1. The van der Waals surface area contributed by atoms with E-state index >= 15 is 0 Å². The van der Waals surface area contributed by atoms with Gasteiger partial charge in [0.15, 0.2) is 0 Å². The van der Waals surface area contributed by atoms with Crippen LogP contribution in [0, 0.1) is 22.7 Å². The Morgan fingerprint density at radius 3 is 2.68 bits per heavy atom. The molecule has 5 atom stereocenters. The molecule has 1 N–H and O–H groups in total. The van der Waals surface area contributed by atoms with E-state index in [9.17, 15) is 14.7 Å². The minimum absolute atomic E-state index is 0.00146. The van der Waals surface area contributed by atoms with Crippen molar-refractivity contribution in [3.8, 4) is 0 Å². The number of furan rings is 1. The maximum atomic E-state index is 12.5. The first kappa shape index (κ1) is 23.4. The smallest absolute Gasteiger partial charge is 0.330 e. The highest BCUT2D eigenvalue weighted by atomic mass is 16.5. The van der Waals surface area contributed by atoms with Crippen molar-refractivity contribution in [2.75, 3.05) is 0 Å². The van der Waals surface area contributed by atoms with Crippen LogP contribution in [0.2, 0.25) is 0 Å². The molecule has 1 aromatic heterocycles. The Labute approximate surface area is 185 Å². The van der Waals surface area contributed by atoms with Gasteiger partial charge in [-0.2, -0.15) is 0 Å². The summed E-state index contributed by atoms with van der Waals surface area (Å²) in [5.41, 5.74) is 2.22. The Kier molecular flexibility index (Phi) is 6.82. The standard InChI is InChI=1S/C26H36O5/c1-6-17(2)13-23(27)31-20-14-25(4)21(9-8-19-11-12-30-16-19)18(3)7-10-22(25)26(5,15-20)24(28)29/h7,11-13,16,20-22H,6,8-10,14-15H2,1-5H3,(H,28,29). The van der Waals surface area contributed by atoms with E-state index in [0.29, 0.717) is 12.8 Å². The highest BCUT2D eigenvalue weighted by Crippen LogP contribution is 2.61. The first-order chi connectivity index (χ1) is 14.6. The van der Waals surface area contributed by atoms with Crippen LogP contribution < -0.4 is 0 Å². The van der Waals surface area contributed by atoms with Crippen molar-refractivity contribution in [3.05, 3.63) is 47.5 Å². The third-order valence-corrected chi connectivity index (χ3v) is 7.90. The number of rotatable bonds is 7. The number of allylic oxidation sites excluding steroid dienone is 3. The summed E-state index contributed by atoms with van der Waals surface area (Å²) in [7, 11) is 0. The number of esters is 1. The van der Waals surface area contributed by atoms with Crippen molar-refractivity contribution in [3.63, 3.8) is 0 Å². The number of carboxylic acid groups (broad SMARTS) is 1. The number of carboxylic acids is 1. The molecule has 1 heterocycles. The predicted octanol–water partition coefficient (Wildman–Crippen LogP) is 5.95. The lowest BCUT2D eigenvalue weighted by Crippen LogP contribution is -2.56. The zero-order valence-corrected chi connectivity index (χ0v) is 19.4. The van der Waals surface area contributed by atoms with Crippen molar-refractivity contribution >= 4 is 11.9 Å². The highest BCUT2D eigenvalue weighted by molar-refractivity contribution is 5.83. The molecule has 2 aliphatic rings. The lowest BCUT2D eigenvalue weighted by atomic mass is 9.47. The number of hydrogen-bond donors (Lipinski definition) is 1. The number of fused-ring (bicyclic) bond motifs is 1. The lowest BCUT2D eigenvalue weighted by Gasteiger charge is -2.57. The van der Waals surface area contributed by atoms with Gasteiger partial charge in [0.05, 0.1) is 17.9 Å². The molecule has 0 spiro atoms. The van der Waals surface area contributed by atoms with Crippen molar-refractivity contribution in [2.45, 2.75) is 79.2 Å². The fraction of sp³-hybridized carbons (Fsp3) is 0.615. The molecule has 1 aromatic rings. The molecule has 5 unspecified atom stereocenters. The summed E-state index contributed by atoms with van der Waals surface area (Å²) in [4.78, 5) is 25.0. The Morgan fingerprint density at radius 1 is 1.32 bits per heavy atom. The van der Waals surface area contributed by atoms with E-state index in [1.54, 1.807) is 12.5 Å². The first-order valence-corrected chi connectivity index (χ1v) is 11.4. The van der Waals surface area contributed by atoms with Crippen LogP contribution in [0.4, 0.5) is 0 Å². The Hall–Kier alpha value is -2.30. The summed E-state index contributed by atoms with van der Waals surface area (Å²) in [6, 6.07) is 1.98. The normalized spacial score (nSPS) is 33.4. The van der Waals surface area contributed by atoms with Crippen LogP contribution in [-0.2, 0) is 20.7 Å². The van der Waals surface area contributed by atoms with Crippen molar-refractivity contribution in [1.29, 1.82) is 0 Å². The Bertz CT molecular complexity index is 864. The van der Waals surface area contributed by atoms with E-state index in [0.717, 1.165) is 36.8 Å². The monoisotopic (exact) mass is 428 g/mol. The van der Waals surface area contributed by atoms with Gasteiger partial charge in [-0.1, -0.05) is 31.1 Å². The Balaban J connectivity index is 1.91. The van der Waals surface area contributed by atoms with Gasteiger partial charge >= 0.3 is 11.9 Å². The average molecular weight is 429 g/mol. The zero-order chi connectivity index (χ0) is 22.8. The fourth-order valence-corrected chi connectivity index (χ4v) is 6.05. The highest BCUT2D eigenvalue weighted by Gasteiger charge is 2.59. The van der Waals surface area contributed by atoms with E-state index in [-0.39, 0.29) is 23.2 Å². The molecule has 5 heteroatoms. The molecule has 0 saturated heterocycles. The summed E-state index contributed by atoms with van der Waals surface area (Å²) < 4.78 is 11.1. The topological polar surface area (TPSA) is 76.7 Å². The molecule has 0 bridgehead atoms. The third-order valence-electron chi connectivity index (χ3n) is 7.90. The molecule has 0 amide bonds. The van der Waals surface area contributed by atoms with E-state index < -0.39 is 17.5 Å². The van der Waals surface area contributed by atoms with E-state index in [4.69, 9.17) is 9.15 Å². The first-order valence-electron chi connectivity index (χ1n) is 11.4. The molecule has 0 aliphatic heterocycles. The SMILES string of the molecule is CCC(C)=CC(=O)OC1CC(C)(C(=O)O)C2CC=C(C)C(CCc3ccoc3)C2(C)C1. The molecule has 5 nitrogen and oxygen atoms in total. The van der Waals surface area contributed by atoms with Crippen molar-refractivity contribution < 1.29 is 23.8 Å². The molecule has 0 aromatic carbocycles. The van der Waals surface area contributed by atoms with Crippen LogP contribution in [0.25, 0.3) is 0 Å². The summed E-state index contributed by atoms with van der Waals surface area (Å²) in [6.07, 6.45) is 11.2. The van der Waals surface area contributed by atoms with E-state index in [1.807, 2.05) is 26.8 Å². The third kappa shape index (κ3) is 4.65. The van der Waals surface area contributed by atoms with E-state index in [2.05, 4.69) is 19.9 Å². The van der Waals surface area contributed by atoms with E-state index in [1.165, 1.54) is 11.6 Å². The predicted molar refractivity (Wildman–Crippen MR) is 119 cm³/mol. The van der Waals surface area contributed by atoms with Crippen LogP contribution in [-0.4, -0.2) is 23.1 Å². The number of hydrogen-bond acceptors (Lipinski definition) is 4. The second-order valence-electron chi connectivity index (χ2n) is 10.00. The van der Waals surface area contributed by atoms with Crippen LogP contribution in [0.5, 0.6) is 0 Å². The molecule has 3 rings (SSSR count). The zero-order valence-electron chi connectivity index (χ0n) is 19.4. The van der Waals surface area contributed by atoms with Gasteiger partial charge in [-0.05, 0) is 81.8 Å². The molecule has 170 valence electrons. The maximum Gasteiger partial charge on any atom is 0.330 e. The molecule has 1 fully saturated rings. The molecular weight excluding hydrogens is 392 g/mol. The van der Waals surface area contributed by atoms with Gasteiger partial charge in [-0.3, -0.25) is 4.79 Å².